The third kappa shape index (κ3) is 8.56. The van der Waals surface area contributed by atoms with Crippen LogP contribution in [-0.4, -0.2) is 93.8 Å². The molecule has 2 heterocycles. The van der Waals surface area contributed by atoms with Crippen LogP contribution in [0.2, 0.25) is 0 Å². The summed E-state index contributed by atoms with van der Waals surface area (Å²) >= 11 is 0. The monoisotopic (exact) mass is 605 g/mol. The van der Waals surface area contributed by atoms with Gasteiger partial charge >= 0.3 is 0 Å². The fraction of sp³-hybridized carbons (Fsp3) is 0.375. The van der Waals surface area contributed by atoms with Crippen LogP contribution in [-0.2, 0) is 14.8 Å². The quantitative estimate of drug-likeness (QED) is 0.324. The van der Waals surface area contributed by atoms with Crippen LogP contribution in [0.15, 0.2) is 83.8 Å². The zero-order chi connectivity index (χ0) is 30.1. The molecule has 3 aromatic rings. The van der Waals surface area contributed by atoms with Gasteiger partial charge in [-0.25, -0.2) is 8.42 Å². The molecule has 0 spiro atoms. The van der Waals surface area contributed by atoms with Crippen LogP contribution in [0.25, 0.3) is 0 Å². The molecule has 2 N–H and O–H groups in total. The third-order valence-electron chi connectivity index (χ3n) is 7.80. The molecule has 0 unspecified atom stereocenters. The summed E-state index contributed by atoms with van der Waals surface area (Å²) in [6.07, 6.45) is 3.77. The summed E-state index contributed by atoms with van der Waals surface area (Å²) in [6.45, 7) is 7.50. The Kier molecular flexibility index (Phi) is 10.3. The summed E-state index contributed by atoms with van der Waals surface area (Å²) in [5, 5.41) is 2.67. The predicted octanol–water partition coefficient (Wildman–Crippen LogP) is 3.64. The van der Waals surface area contributed by atoms with E-state index in [4.69, 9.17) is 4.74 Å². The molecule has 0 bridgehead atoms. The van der Waals surface area contributed by atoms with Crippen molar-refractivity contribution < 1.29 is 22.7 Å². The van der Waals surface area contributed by atoms with Crippen molar-refractivity contribution >= 4 is 27.5 Å². The van der Waals surface area contributed by atoms with Crippen molar-refractivity contribution in [3.63, 3.8) is 0 Å². The second-order valence-corrected chi connectivity index (χ2v) is 12.5. The fourth-order valence-electron chi connectivity index (χ4n) is 5.36. The maximum atomic E-state index is 13.1. The molecule has 228 valence electrons. The molecular formula is C32H39N5O5S. The molecule has 2 amide bonds. The highest BCUT2D eigenvalue weighted by Crippen LogP contribution is 2.31. The van der Waals surface area contributed by atoms with Crippen LogP contribution >= 0.6 is 0 Å². The number of carbonyl (C=O) groups is 2. The van der Waals surface area contributed by atoms with Gasteiger partial charge in [-0.05, 0) is 94.0 Å². The highest BCUT2D eigenvalue weighted by Gasteiger charge is 2.22. The first-order valence-corrected chi connectivity index (χ1v) is 16.3. The number of carbonyl (C=O) groups excluding carboxylic acids is 2. The van der Waals surface area contributed by atoms with Crippen molar-refractivity contribution in [3.05, 3.63) is 84.4 Å². The van der Waals surface area contributed by atoms with Gasteiger partial charge in [0, 0.05) is 31.7 Å². The van der Waals surface area contributed by atoms with Crippen LogP contribution in [0.3, 0.4) is 0 Å². The number of para-hydroxylation sites is 3. The van der Waals surface area contributed by atoms with E-state index in [-0.39, 0.29) is 28.6 Å². The Morgan fingerprint density at radius 3 is 2.07 bits per heavy atom. The van der Waals surface area contributed by atoms with E-state index in [1.807, 2.05) is 18.2 Å². The molecule has 2 aliphatic rings. The second-order valence-electron chi connectivity index (χ2n) is 10.8. The van der Waals surface area contributed by atoms with E-state index in [9.17, 15) is 18.0 Å². The SMILES string of the molecule is O=C(NCC(=O)N1CCN(CCCN2CCCC2)CC1)c1ccc(S(=O)(=O)Nc2ccccc2Oc2ccccc2)cc1. The van der Waals surface area contributed by atoms with Crippen LogP contribution in [0.4, 0.5) is 5.69 Å². The van der Waals surface area contributed by atoms with E-state index >= 15 is 0 Å². The minimum Gasteiger partial charge on any atom is -0.455 e. The molecule has 43 heavy (non-hydrogen) atoms. The molecule has 10 nitrogen and oxygen atoms in total. The lowest BCUT2D eigenvalue weighted by atomic mass is 10.2. The Hall–Kier alpha value is -3.93. The fourth-order valence-corrected chi connectivity index (χ4v) is 6.43. The lowest BCUT2D eigenvalue weighted by Gasteiger charge is -2.35. The summed E-state index contributed by atoms with van der Waals surface area (Å²) in [4.78, 5) is 32.1. The summed E-state index contributed by atoms with van der Waals surface area (Å²) in [7, 11) is -3.95. The smallest absolute Gasteiger partial charge is 0.262 e. The maximum absolute atomic E-state index is 13.1. The number of anilines is 1. The topological polar surface area (TPSA) is 111 Å². The molecule has 3 aromatic carbocycles. The van der Waals surface area contributed by atoms with Crippen LogP contribution in [0.1, 0.15) is 29.6 Å². The van der Waals surface area contributed by atoms with Gasteiger partial charge in [-0.1, -0.05) is 30.3 Å². The molecule has 0 atom stereocenters. The van der Waals surface area contributed by atoms with Crippen LogP contribution in [0.5, 0.6) is 11.5 Å². The molecule has 0 aromatic heterocycles. The first-order valence-electron chi connectivity index (χ1n) is 14.8. The van der Waals surface area contributed by atoms with E-state index in [0.29, 0.717) is 24.6 Å². The Morgan fingerprint density at radius 1 is 0.744 bits per heavy atom. The average molecular weight is 606 g/mol. The predicted molar refractivity (Wildman–Crippen MR) is 166 cm³/mol. The van der Waals surface area contributed by atoms with Crippen LogP contribution < -0.4 is 14.8 Å². The zero-order valence-electron chi connectivity index (χ0n) is 24.3. The standard InChI is InChI=1S/C32H39N5O5S/c38-31(37-23-21-36(22-24-37)20-8-19-35-17-6-7-18-35)25-33-32(39)26-13-15-28(16-14-26)43(40,41)34-29-11-4-5-12-30(29)42-27-9-2-1-3-10-27/h1-5,9-16,34H,6-8,17-25H2,(H,33,39). The van der Waals surface area contributed by atoms with E-state index in [2.05, 4.69) is 19.8 Å². The van der Waals surface area contributed by atoms with Crippen molar-refractivity contribution in [2.75, 3.05) is 63.6 Å². The molecule has 0 saturated carbocycles. The summed E-state index contributed by atoms with van der Waals surface area (Å²) in [5.74, 6) is 0.377. The average Bonchev–Trinajstić information content (AvgIpc) is 3.55. The lowest BCUT2D eigenvalue weighted by Crippen LogP contribution is -2.51. The Morgan fingerprint density at radius 2 is 1.37 bits per heavy atom. The number of piperazine rings is 1. The van der Waals surface area contributed by atoms with Gasteiger partial charge in [0.05, 0.1) is 17.1 Å². The molecule has 11 heteroatoms. The maximum Gasteiger partial charge on any atom is 0.262 e. The summed E-state index contributed by atoms with van der Waals surface area (Å²) in [5.41, 5.74) is 0.553. The highest BCUT2D eigenvalue weighted by molar-refractivity contribution is 7.92. The van der Waals surface area contributed by atoms with E-state index < -0.39 is 15.9 Å². The molecule has 2 fully saturated rings. The number of nitrogens with zero attached hydrogens (tertiary/aromatic N) is 3. The first-order chi connectivity index (χ1) is 20.9. The van der Waals surface area contributed by atoms with Gasteiger partial charge in [0.25, 0.3) is 15.9 Å². The van der Waals surface area contributed by atoms with E-state index in [0.717, 1.165) is 32.6 Å². The Balaban J connectivity index is 1.08. The van der Waals surface area contributed by atoms with Gasteiger partial charge in [-0.15, -0.1) is 0 Å². The zero-order valence-corrected chi connectivity index (χ0v) is 25.1. The Bertz CT molecular complexity index is 1470. The number of rotatable bonds is 12. The van der Waals surface area contributed by atoms with Crippen molar-refractivity contribution in [1.29, 1.82) is 0 Å². The van der Waals surface area contributed by atoms with Gasteiger partial charge in [-0.2, -0.15) is 0 Å². The molecule has 0 radical (unpaired) electrons. The highest BCUT2D eigenvalue weighted by atomic mass is 32.2. The van der Waals surface area contributed by atoms with Crippen molar-refractivity contribution in [2.45, 2.75) is 24.2 Å². The van der Waals surface area contributed by atoms with Gasteiger partial charge < -0.3 is 19.9 Å². The lowest BCUT2D eigenvalue weighted by molar-refractivity contribution is -0.131. The van der Waals surface area contributed by atoms with E-state index in [1.165, 1.54) is 50.2 Å². The minimum atomic E-state index is -3.95. The number of likely N-dealkylation sites (tertiary alicyclic amines) is 1. The molecular weight excluding hydrogens is 566 g/mol. The number of amides is 2. The van der Waals surface area contributed by atoms with Crippen molar-refractivity contribution in [3.8, 4) is 11.5 Å². The first kappa shape index (κ1) is 30.5. The summed E-state index contributed by atoms with van der Waals surface area (Å²) in [6, 6.07) is 21.4. The normalized spacial score (nSPS) is 16.1. The van der Waals surface area contributed by atoms with Gasteiger partial charge in [0.1, 0.15) is 5.75 Å². The summed E-state index contributed by atoms with van der Waals surface area (Å²) < 4.78 is 34.6. The largest absolute Gasteiger partial charge is 0.455 e. The van der Waals surface area contributed by atoms with E-state index in [1.54, 1.807) is 41.3 Å². The van der Waals surface area contributed by atoms with Crippen molar-refractivity contribution in [2.24, 2.45) is 0 Å². The number of sulfonamides is 1. The second kappa shape index (κ2) is 14.5. The minimum absolute atomic E-state index is 0.00654. The number of ether oxygens (including phenoxy) is 1. The number of hydrogen-bond donors (Lipinski definition) is 2. The number of nitrogens with one attached hydrogen (secondary N) is 2. The number of hydrogen-bond acceptors (Lipinski definition) is 7. The van der Waals surface area contributed by atoms with Gasteiger partial charge in [0.15, 0.2) is 5.75 Å². The number of benzene rings is 3. The van der Waals surface area contributed by atoms with Gasteiger partial charge in [0.2, 0.25) is 5.91 Å². The molecule has 0 aliphatic carbocycles. The molecule has 2 saturated heterocycles. The molecule has 2 aliphatic heterocycles. The Labute approximate surface area is 253 Å². The van der Waals surface area contributed by atoms with Crippen molar-refractivity contribution in [1.82, 2.24) is 20.0 Å². The van der Waals surface area contributed by atoms with Gasteiger partial charge in [-0.3, -0.25) is 19.2 Å². The van der Waals surface area contributed by atoms with Crippen LogP contribution in [0, 0.1) is 0 Å². The molecule has 5 rings (SSSR count). The third-order valence-corrected chi connectivity index (χ3v) is 9.18.